The molecule has 0 saturated carbocycles. The average molecular weight is 246 g/mol. The lowest BCUT2D eigenvalue weighted by molar-refractivity contribution is -0.140. The summed E-state index contributed by atoms with van der Waals surface area (Å²) >= 11 is 0. The number of carbonyl (C=O) groups is 2. The van der Waals surface area contributed by atoms with Gasteiger partial charge in [-0.15, -0.1) is 0 Å². The standard InChI is InChI=1S/C15H18O3/c1-3-12-8-10-13(11-9-12)14(16)6-4-5-7-15(17)18-2/h3,8-11H,1,4-7H2,2H3. The molecule has 0 aliphatic heterocycles. The van der Waals surface area contributed by atoms with Crippen molar-refractivity contribution < 1.29 is 14.3 Å². The number of carbonyl (C=O) groups excluding carboxylic acids is 2. The summed E-state index contributed by atoms with van der Waals surface area (Å²) < 4.78 is 4.53. The first-order chi connectivity index (χ1) is 8.67. The molecule has 0 atom stereocenters. The molecular formula is C15H18O3. The van der Waals surface area contributed by atoms with E-state index in [0.717, 1.165) is 5.56 Å². The maximum Gasteiger partial charge on any atom is 0.305 e. The lowest BCUT2D eigenvalue weighted by Gasteiger charge is -2.02. The topological polar surface area (TPSA) is 43.4 Å². The van der Waals surface area contributed by atoms with Gasteiger partial charge in [0.15, 0.2) is 5.78 Å². The van der Waals surface area contributed by atoms with Crippen LogP contribution >= 0.6 is 0 Å². The van der Waals surface area contributed by atoms with Crippen molar-refractivity contribution in [2.45, 2.75) is 25.7 Å². The molecule has 18 heavy (non-hydrogen) atoms. The molecule has 1 rings (SSSR count). The lowest BCUT2D eigenvalue weighted by atomic mass is 10.0. The molecule has 0 bridgehead atoms. The zero-order chi connectivity index (χ0) is 13.4. The van der Waals surface area contributed by atoms with Crippen LogP contribution in [0.25, 0.3) is 6.08 Å². The number of esters is 1. The van der Waals surface area contributed by atoms with Crippen LogP contribution in [-0.4, -0.2) is 18.9 Å². The minimum absolute atomic E-state index is 0.107. The average Bonchev–Trinajstić information content (AvgIpc) is 2.43. The van der Waals surface area contributed by atoms with Gasteiger partial charge in [0.2, 0.25) is 0 Å². The number of unbranched alkanes of at least 4 members (excludes halogenated alkanes) is 1. The van der Waals surface area contributed by atoms with Crippen LogP contribution in [0, 0.1) is 0 Å². The molecule has 3 heteroatoms. The van der Waals surface area contributed by atoms with Crippen LogP contribution in [0.3, 0.4) is 0 Å². The third-order valence-electron chi connectivity index (χ3n) is 2.73. The highest BCUT2D eigenvalue weighted by atomic mass is 16.5. The van der Waals surface area contributed by atoms with E-state index in [0.29, 0.717) is 31.2 Å². The fourth-order valence-corrected chi connectivity index (χ4v) is 1.61. The van der Waals surface area contributed by atoms with Crippen LogP contribution in [0.1, 0.15) is 41.6 Å². The van der Waals surface area contributed by atoms with Gasteiger partial charge < -0.3 is 4.74 Å². The Hall–Kier alpha value is -1.90. The second-order valence-corrected chi connectivity index (χ2v) is 4.03. The van der Waals surface area contributed by atoms with Crippen molar-refractivity contribution in [2.24, 2.45) is 0 Å². The number of rotatable bonds is 7. The van der Waals surface area contributed by atoms with Crippen LogP contribution in [0.5, 0.6) is 0 Å². The van der Waals surface area contributed by atoms with Gasteiger partial charge in [-0.05, 0) is 18.4 Å². The maximum absolute atomic E-state index is 11.8. The van der Waals surface area contributed by atoms with Crippen molar-refractivity contribution in [3.63, 3.8) is 0 Å². The Bertz CT molecular complexity index is 418. The molecule has 0 spiro atoms. The smallest absolute Gasteiger partial charge is 0.305 e. The van der Waals surface area contributed by atoms with Crippen molar-refractivity contribution in [1.29, 1.82) is 0 Å². The van der Waals surface area contributed by atoms with Crippen molar-refractivity contribution >= 4 is 17.8 Å². The highest BCUT2D eigenvalue weighted by Gasteiger charge is 2.06. The predicted molar refractivity (Wildman–Crippen MR) is 71.3 cm³/mol. The molecule has 3 nitrogen and oxygen atoms in total. The van der Waals surface area contributed by atoms with Gasteiger partial charge in [-0.1, -0.05) is 36.9 Å². The molecule has 0 saturated heterocycles. The quantitative estimate of drug-likeness (QED) is 0.421. The van der Waals surface area contributed by atoms with E-state index >= 15 is 0 Å². The van der Waals surface area contributed by atoms with E-state index in [9.17, 15) is 9.59 Å². The molecular weight excluding hydrogens is 228 g/mol. The second-order valence-electron chi connectivity index (χ2n) is 4.03. The maximum atomic E-state index is 11.8. The van der Waals surface area contributed by atoms with Gasteiger partial charge in [0, 0.05) is 18.4 Å². The Labute approximate surface area is 107 Å². The molecule has 0 aliphatic rings. The van der Waals surface area contributed by atoms with Crippen LogP contribution < -0.4 is 0 Å². The summed E-state index contributed by atoms with van der Waals surface area (Å²) in [4.78, 5) is 22.7. The molecule has 0 N–H and O–H groups in total. The fraction of sp³-hybridized carbons (Fsp3) is 0.333. The predicted octanol–water partition coefficient (Wildman–Crippen LogP) is 3.25. The van der Waals surface area contributed by atoms with Gasteiger partial charge in [-0.3, -0.25) is 9.59 Å². The molecule has 0 amide bonds. The third-order valence-corrected chi connectivity index (χ3v) is 2.73. The monoisotopic (exact) mass is 246 g/mol. The minimum atomic E-state index is -0.224. The van der Waals surface area contributed by atoms with E-state index < -0.39 is 0 Å². The summed E-state index contributed by atoms with van der Waals surface area (Å²) in [7, 11) is 1.37. The molecule has 96 valence electrons. The molecule has 0 aliphatic carbocycles. The SMILES string of the molecule is C=Cc1ccc(C(=O)CCCCC(=O)OC)cc1. The number of Topliss-reactive ketones (excluding diaryl/α,β-unsaturated/α-hetero) is 1. The minimum Gasteiger partial charge on any atom is -0.469 e. The van der Waals surface area contributed by atoms with E-state index in [4.69, 9.17) is 0 Å². The van der Waals surface area contributed by atoms with Gasteiger partial charge in [0.25, 0.3) is 0 Å². The van der Waals surface area contributed by atoms with Gasteiger partial charge >= 0.3 is 5.97 Å². The first-order valence-corrected chi connectivity index (χ1v) is 6.00. The highest BCUT2D eigenvalue weighted by molar-refractivity contribution is 5.96. The Morgan fingerprint density at radius 1 is 1.17 bits per heavy atom. The summed E-state index contributed by atoms with van der Waals surface area (Å²) in [6.45, 7) is 3.66. The summed E-state index contributed by atoms with van der Waals surface area (Å²) in [6.07, 6.45) is 3.97. The van der Waals surface area contributed by atoms with Crippen LogP contribution in [-0.2, 0) is 9.53 Å². The van der Waals surface area contributed by atoms with Crippen LogP contribution in [0.4, 0.5) is 0 Å². The fourth-order valence-electron chi connectivity index (χ4n) is 1.61. The summed E-state index contributed by atoms with van der Waals surface area (Å²) in [5.74, 6) is -0.117. The molecule has 0 aromatic heterocycles. The molecule has 0 heterocycles. The Balaban J connectivity index is 2.36. The van der Waals surface area contributed by atoms with Gasteiger partial charge in [0.1, 0.15) is 0 Å². The number of methoxy groups -OCH3 is 1. The van der Waals surface area contributed by atoms with Crippen molar-refractivity contribution in [3.8, 4) is 0 Å². The van der Waals surface area contributed by atoms with E-state index in [1.54, 1.807) is 18.2 Å². The number of hydrogen-bond acceptors (Lipinski definition) is 3. The Morgan fingerprint density at radius 2 is 1.78 bits per heavy atom. The molecule has 0 radical (unpaired) electrons. The zero-order valence-corrected chi connectivity index (χ0v) is 10.6. The van der Waals surface area contributed by atoms with Crippen molar-refractivity contribution in [3.05, 3.63) is 42.0 Å². The number of benzene rings is 1. The molecule has 0 unspecified atom stereocenters. The Kier molecular flexibility index (Phi) is 5.85. The number of hydrogen-bond donors (Lipinski definition) is 0. The zero-order valence-electron chi connectivity index (χ0n) is 10.6. The van der Waals surface area contributed by atoms with Gasteiger partial charge in [0.05, 0.1) is 7.11 Å². The first-order valence-electron chi connectivity index (χ1n) is 6.00. The second kappa shape index (κ2) is 7.43. The van der Waals surface area contributed by atoms with Crippen molar-refractivity contribution in [2.75, 3.05) is 7.11 Å². The summed E-state index contributed by atoms with van der Waals surface area (Å²) in [6, 6.07) is 7.35. The third kappa shape index (κ3) is 4.53. The molecule has 1 aromatic carbocycles. The van der Waals surface area contributed by atoms with Crippen LogP contribution in [0.2, 0.25) is 0 Å². The van der Waals surface area contributed by atoms with E-state index in [-0.39, 0.29) is 11.8 Å². The number of ketones is 1. The summed E-state index contributed by atoms with van der Waals surface area (Å²) in [5, 5.41) is 0. The lowest BCUT2D eigenvalue weighted by Crippen LogP contribution is -2.02. The highest BCUT2D eigenvalue weighted by Crippen LogP contribution is 2.10. The normalized spacial score (nSPS) is 9.83. The number of ether oxygens (including phenoxy) is 1. The van der Waals surface area contributed by atoms with Gasteiger partial charge in [-0.25, -0.2) is 0 Å². The molecule has 0 fully saturated rings. The van der Waals surface area contributed by atoms with E-state index in [1.165, 1.54) is 7.11 Å². The molecule has 1 aromatic rings. The van der Waals surface area contributed by atoms with Crippen molar-refractivity contribution in [1.82, 2.24) is 0 Å². The van der Waals surface area contributed by atoms with E-state index in [2.05, 4.69) is 11.3 Å². The van der Waals surface area contributed by atoms with E-state index in [1.807, 2.05) is 12.1 Å². The Morgan fingerprint density at radius 3 is 2.33 bits per heavy atom. The first kappa shape index (κ1) is 14.2. The van der Waals surface area contributed by atoms with Gasteiger partial charge in [-0.2, -0.15) is 0 Å². The van der Waals surface area contributed by atoms with Crippen LogP contribution in [0.15, 0.2) is 30.8 Å². The largest absolute Gasteiger partial charge is 0.469 e. The summed E-state index contributed by atoms with van der Waals surface area (Å²) in [5.41, 5.74) is 1.70.